The Kier molecular flexibility index (Phi) is 10.8. The number of nitrogens with zero attached hydrogens (tertiary/aromatic N) is 2. The predicted molar refractivity (Wildman–Crippen MR) is 125 cm³/mol. The van der Waals surface area contributed by atoms with E-state index in [1.807, 2.05) is 12.1 Å². The zero-order valence-corrected chi connectivity index (χ0v) is 19.4. The van der Waals surface area contributed by atoms with E-state index in [2.05, 4.69) is 29.4 Å². The van der Waals surface area contributed by atoms with Crippen molar-refractivity contribution in [3.8, 4) is 11.5 Å². The van der Waals surface area contributed by atoms with Crippen LogP contribution in [0.5, 0.6) is 11.5 Å². The second kappa shape index (κ2) is 13.6. The van der Waals surface area contributed by atoms with Crippen molar-refractivity contribution in [2.45, 2.75) is 77.6 Å². The number of hydrogen-bond donors (Lipinski definition) is 1. The van der Waals surface area contributed by atoms with Gasteiger partial charge < -0.3 is 14.8 Å². The molecule has 2 rings (SSSR count). The first-order chi connectivity index (χ1) is 15.1. The van der Waals surface area contributed by atoms with Crippen LogP contribution in [0.4, 0.5) is 5.82 Å². The molecule has 2 aromatic rings. The Morgan fingerprint density at radius 1 is 0.871 bits per heavy atom. The lowest BCUT2D eigenvalue weighted by Crippen LogP contribution is -2.16. The second-order valence-corrected chi connectivity index (χ2v) is 7.88. The number of hydrogen-bond acceptors (Lipinski definition) is 5. The largest absolute Gasteiger partial charge is 0.496 e. The summed E-state index contributed by atoms with van der Waals surface area (Å²) in [6.45, 7) is 4.46. The van der Waals surface area contributed by atoms with E-state index in [0.29, 0.717) is 28.8 Å². The molecule has 0 saturated carbocycles. The maximum atomic E-state index is 12.8. The topological polar surface area (TPSA) is 73.3 Å². The molecule has 0 saturated heterocycles. The molecule has 0 aliphatic heterocycles. The zero-order valence-electron chi connectivity index (χ0n) is 19.4. The highest BCUT2D eigenvalue weighted by molar-refractivity contribution is 6.07. The first-order valence-corrected chi connectivity index (χ1v) is 11.5. The van der Waals surface area contributed by atoms with Crippen molar-refractivity contribution in [2.75, 3.05) is 19.5 Å². The highest BCUT2D eigenvalue weighted by Gasteiger charge is 2.19. The van der Waals surface area contributed by atoms with Gasteiger partial charge in [0.25, 0.3) is 5.91 Å². The molecule has 1 N–H and O–H groups in total. The van der Waals surface area contributed by atoms with Crippen LogP contribution >= 0.6 is 0 Å². The van der Waals surface area contributed by atoms with Crippen molar-refractivity contribution in [3.63, 3.8) is 0 Å². The Morgan fingerprint density at radius 2 is 1.52 bits per heavy atom. The number of anilines is 1. The summed E-state index contributed by atoms with van der Waals surface area (Å²) in [5.74, 6) is 1.40. The number of benzene rings is 1. The second-order valence-electron chi connectivity index (χ2n) is 7.88. The number of rotatable bonds is 14. The molecule has 0 radical (unpaired) electrons. The Labute approximate surface area is 186 Å². The molecule has 0 aliphatic carbocycles. The van der Waals surface area contributed by atoms with Gasteiger partial charge in [-0.15, -0.1) is 5.10 Å². The third-order valence-electron chi connectivity index (χ3n) is 5.56. The van der Waals surface area contributed by atoms with Crippen LogP contribution in [0.15, 0.2) is 30.3 Å². The monoisotopic (exact) mass is 427 g/mol. The van der Waals surface area contributed by atoms with Gasteiger partial charge in [0.15, 0.2) is 5.82 Å². The smallest absolute Gasteiger partial charge is 0.264 e. The number of amides is 1. The lowest BCUT2D eigenvalue weighted by Gasteiger charge is -2.16. The van der Waals surface area contributed by atoms with Crippen LogP contribution in [-0.2, 0) is 0 Å². The third kappa shape index (κ3) is 7.53. The number of aromatic nitrogens is 2. The fraction of sp³-hybridized carbons (Fsp3) is 0.560. The Bertz CT molecular complexity index is 771. The van der Waals surface area contributed by atoms with Crippen LogP contribution in [0.2, 0.25) is 0 Å². The lowest BCUT2D eigenvalue weighted by atomic mass is 9.92. The van der Waals surface area contributed by atoms with Crippen LogP contribution in [-0.4, -0.2) is 30.3 Å². The molecule has 1 atom stereocenters. The molecular formula is C25H37N3O3. The van der Waals surface area contributed by atoms with Crippen LogP contribution in [0.25, 0.3) is 0 Å². The van der Waals surface area contributed by atoms with Gasteiger partial charge in [-0.1, -0.05) is 64.9 Å². The first-order valence-electron chi connectivity index (χ1n) is 11.5. The quantitative estimate of drug-likeness (QED) is 0.354. The van der Waals surface area contributed by atoms with Gasteiger partial charge in [-0.3, -0.25) is 4.79 Å². The highest BCUT2D eigenvalue weighted by Crippen LogP contribution is 2.30. The van der Waals surface area contributed by atoms with E-state index >= 15 is 0 Å². The Morgan fingerprint density at radius 3 is 2.10 bits per heavy atom. The van der Waals surface area contributed by atoms with Crippen molar-refractivity contribution in [1.29, 1.82) is 0 Å². The summed E-state index contributed by atoms with van der Waals surface area (Å²) in [7, 11) is 3.05. The molecule has 6 nitrogen and oxygen atoms in total. The van der Waals surface area contributed by atoms with Crippen molar-refractivity contribution in [2.24, 2.45) is 0 Å². The third-order valence-corrected chi connectivity index (χ3v) is 5.56. The van der Waals surface area contributed by atoms with Crippen LogP contribution in [0, 0.1) is 0 Å². The highest BCUT2D eigenvalue weighted by atomic mass is 16.5. The fourth-order valence-electron chi connectivity index (χ4n) is 3.77. The molecule has 1 unspecified atom stereocenters. The van der Waals surface area contributed by atoms with Crippen LogP contribution in [0.3, 0.4) is 0 Å². The predicted octanol–water partition coefficient (Wildman–Crippen LogP) is 6.38. The van der Waals surface area contributed by atoms with Crippen molar-refractivity contribution >= 4 is 11.7 Å². The SMILES string of the molecule is CCCCCCCC(CCCC)c1ccc(NC(=O)c2c(OC)cccc2OC)nn1. The van der Waals surface area contributed by atoms with E-state index < -0.39 is 0 Å². The standard InChI is InChI=1S/C25H37N3O3/c1-5-7-9-10-11-14-19(13-8-6-2)20-17-18-23(28-27-20)26-25(29)24-21(30-3)15-12-16-22(24)31-4/h12,15-19H,5-11,13-14H2,1-4H3,(H,26,28,29). The van der Waals surface area contributed by atoms with Gasteiger partial charge in [0, 0.05) is 5.92 Å². The molecule has 0 spiro atoms. The average Bonchev–Trinajstić information content (AvgIpc) is 2.80. The van der Waals surface area contributed by atoms with E-state index in [1.165, 1.54) is 59.2 Å². The van der Waals surface area contributed by atoms with E-state index in [9.17, 15) is 4.79 Å². The summed E-state index contributed by atoms with van der Waals surface area (Å²) in [4.78, 5) is 12.8. The summed E-state index contributed by atoms with van der Waals surface area (Å²) >= 11 is 0. The van der Waals surface area contributed by atoms with E-state index in [4.69, 9.17) is 9.47 Å². The maximum absolute atomic E-state index is 12.8. The summed E-state index contributed by atoms with van der Waals surface area (Å²) in [6, 6.07) is 9.06. The van der Waals surface area contributed by atoms with Crippen LogP contribution < -0.4 is 14.8 Å². The van der Waals surface area contributed by atoms with E-state index in [1.54, 1.807) is 18.2 Å². The molecule has 1 aromatic heterocycles. The molecule has 1 aromatic carbocycles. The minimum atomic E-state index is -0.338. The van der Waals surface area contributed by atoms with Gasteiger partial charge in [0.2, 0.25) is 0 Å². The van der Waals surface area contributed by atoms with Gasteiger partial charge in [0.1, 0.15) is 17.1 Å². The minimum Gasteiger partial charge on any atom is -0.496 e. The normalized spacial score (nSPS) is 11.7. The van der Waals surface area contributed by atoms with E-state index in [0.717, 1.165) is 18.5 Å². The van der Waals surface area contributed by atoms with Gasteiger partial charge >= 0.3 is 0 Å². The van der Waals surface area contributed by atoms with Gasteiger partial charge in [0.05, 0.1) is 19.9 Å². The Hall–Kier alpha value is -2.63. The van der Waals surface area contributed by atoms with Crippen molar-refractivity contribution < 1.29 is 14.3 Å². The molecule has 0 fully saturated rings. The molecule has 1 heterocycles. The minimum absolute atomic E-state index is 0.338. The molecule has 1 amide bonds. The summed E-state index contributed by atoms with van der Waals surface area (Å²) in [5, 5.41) is 11.5. The average molecular weight is 428 g/mol. The molecule has 0 bridgehead atoms. The number of carbonyl (C=O) groups excluding carboxylic acids is 1. The summed E-state index contributed by atoms with van der Waals surface area (Å²) in [6.07, 6.45) is 11.0. The van der Waals surface area contributed by atoms with Gasteiger partial charge in [-0.25, -0.2) is 0 Å². The summed E-state index contributed by atoms with van der Waals surface area (Å²) in [5.41, 5.74) is 1.35. The van der Waals surface area contributed by atoms with Gasteiger partial charge in [-0.2, -0.15) is 5.10 Å². The van der Waals surface area contributed by atoms with Crippen molar-refractivity contribution in [3.05, 3.63) is 41.6 Å². The number of methoxy groups -OCH3 is 2. The molecule has 31 heavy (non-hydrogen) atoms. The summed E-state index contributed by atoms with van der Waals surface area (Å²) < 4.78 is 10.6. The molecule has 0 aliphatic rings. The first kappa shape index (κ1) is 24.6. The number of nitrogens with one attached hydrogen (secondary N) is 1. The number of carbonyl (C=O) groups is 1. The van der Waals surface area contributed by atoms with E-state index in [-0.39, 0.29) is 5.91 Å². The molecule has 6 heteroatoms. The maximum Gasteiger partial charge on any atom is 0.264 e. The Balaban J connectivity index is 2.06. The fourth-order valence-corrected chi connectivity index (χ4v) is 3.77. The molecule has 170 valence electrons. The number of unbranched alkanes of at least 4 members (excludes halogenated alkanes) is 5. The molecular weight excluding hydrogens is 390 g/mol. The van der Waals surface area contributed by atoms with Crippen LogP contribution in [0.1, 0.15) is 93.6 Å². The zero-order chi connectivity index (χ0) is 22.5. The van der Waals surface area contributed by atoms with Crippen molar-refractivity contribution in [1.82, 2.24) is 10.2 Å². The van der Waals surface area contributed by atoms with Gasteiger partial charge in [-0.05, 0) is 37.1 Å². The lowest BCUT2D eigenvalue weighted by molar-refractivity contribution is 0.102. The number of ether oxygens (including phenoxy) is 2.